The van der Waals surface area contributed by atoms with Crippen LogP contribution in [0.1, 0.15) is 24.1 Å². The van der Waals surface area contributed by atoms with Gasteiger partial charge in [-0.15, -0.1) is 0 Å². The van der Waals surface area contributed by atoms with Crippen molar-refractivity contribution in [2.75, 3.05) is 26.5 Å². The number of fused-ring (bicyclic) bond motifs is 1. The fourth-order valence-electron chi connectivity index (χ4n) is 4.06. The van der Waals surface area contributed by atoms with Crippen LogP contribution < -0.4 is 15.0 Å². The van der Waals surface area contributed by atoms with Gasteiger partial charge in [-0.2, -0.15) is 4.98 Å². The molecule has 1 aromatic heterocycles. The van der Waals surface area contributed by atoms with Gasteiger partial charge in [0.15, 0.2) is 16.7 Å². The first kappa shape index (κ1) is 22.7. The van der Waals surface area contributed by atoms with Crippen molar-refractivity contribution in [3.63, 3.8) is 0 Å². The highest BCUT2D eigenvalue weighted by molar-refractivity contribution is 7.99. The third-order valence-corrected chi connectivity index (χ3v) is 6.64. The highest BCUT2D eigenvalue weighted by Crippen LogP contribution is 2.38. The Kier molecular flexibility index (Phi) is 6.60. The van der Waals surface area contributed by atoms with Crippen LogP contribution in [0.2, 0.25) is 0 Å². The number of para-hydroxylation sites is 1. The summed E-state index contributed by atoms with van der Waals surface area (Å²) in [5.74, 6) is 0.930. The summed E-state index contributed by atoms with van der Waals surface area (Å²) in [5, 5.41) is 10.1. The average Bonchev–Trinajstić information content (AvgIpc) is 2.82. The molecule has 33 heavy (non-hydrogen) atoms. The van der Waals surface area contributed by atoms with E-state index in [-0.39, 0.29) is 28.7 Å². The summed E-state index contributed by atoms with van der Waals surface area (Å²) in [6.45, 7) is 2.56. The molecule has 1 atom stereocenters. The quantitative estimate of drug-likeness (QED) is 0.440. The van der Waals surface area contributed by atoms with E-state index in [4.69, 9.17) is 9.47 Å². The normalized spacial score (nSPS) is 15.1. The van der Waals surface area contributed by atoms with Crippen LogP contribution in [-0.2, 0) is 11.2 Å². The number of nitrogens with zero attached hydrogens (tertiary/aromatic N) is 3. The molecule has 2 heterocycles. The van der Waals surface area contributed by atoms with Gasteiger partial charge in [-0.3, -0.25) is 14.2 Å². The number of ether oxygens (including phenoxy) is 2. The summed E-state index contributed by atoms with van der Waals surface area (Å²) < 4.78 is 12.2. The molecule has 0 saturated carbocycles. The van der Waals surface area contributed by atoms with Crippen molar-refractivity contribution in [2.45, 2.75) is 24.5 Å². The molecular formula is C24H25N3O5S. The number of methoxy groups -OCH3 is 2. The SMILES string of the molecule is COc1cc2c(cc1OC)[C@@H](C)N(C(=O)CSc1nc(O)cc(=O)n1-c1ccccc1)CC2. The Morgan fingerprint density at radius 3 is 2.55 bits per heavy atom. The summed E-state index contributed by atoms with van der Waals surface area (Å²) >= 11 is 1.12. The molecule has 0 aliphatic carbocycles. The standard InChI is InChI=1S/C24H25N3O5S/c1-15-18-12-20(32-3)19(31-2)11-16(18)9-10-26(15)23(30)14-33-24-25-21(28)13-22(29)27(24)17-7-5-4-6-8-17/h4-8,11-13,15,28H,9-10,14H2,1-3H3/t15-/m1/s1. The van der Waals surface area contributed by atoms with E-state index in [0.717, 1.165) is 29.0 Å². The number of thioether (sulfide) groups is 1. The number of hydrogen-bond donors (Lipinski definition) is 1. The maximum atomic E-state index is 13.2. The number of benzene rings is 2. The fourth-order valence-corrected chi connectivity index (χ4v) is 4.96. The smallest absolute Gasteiger partial charge is 0.262 e. The number of amides is 1. The Hall–Kier alpha value is -3.46. The van der Waals surface area contributed by atoms with E-state index in [1.807, 2.05) is 42.2 Å². The lowest BCUT2D eigenvalue weighted by Gasteiger charge is -2.35. The van der Waals surface area contributed by atoms with E-state index >= 15 is 0 Å². The Morgan fingerprint density at radius 1 is 1.15 bits per heavy atom. The predicted molar refractivity (Wildman–Crippen MR) is 126 cm³/mol. The Morgan fingerprint density at radius 2 is 1.85 bits per heavy atom. The van der Waals surface area contributed by atoms with E-state index in [0.29, 0.717) is 30.2 Å². The zero-order chi connectivity index (χ0) is 23.5. The Balaban J connectivity index is 1.56. The van der Waals surface area contributed by atoms with Crippen molar-refractivity contribution >= 4 is 17.7 Å². The summed E-state index contributed by atoms with van der Waals surface area (Å²) in [6, 6.07) is 13.8. The lowest BCUT2D eigenvalue weighted by Crippen LogP contribution is -2.40. The minimum atomic E-state index is -0.412. The van der Waals surface area contributed by atoms with Gasteiger partial charge in [0.2, 0.25) is 11.8 Å². The van der Waals surface area contributed by atoms with E-state index in [1.165, 1.54) is 4.57 Å². The minimum absolute atomic E-state index is 0.0786. The van der Waals surface area contributed by atoms with Crippen LogP contribution in [0, 0.1) is 0 Å². The second-order valence-corrected chi connectivity index (χ2v) is 8.56. The molecular weight excluding hydrogens is 442 g/mol. The van der Waals surface area contributed by atoms with Gasteiger partial charge in [0.25, 0.3) is 5.56 Å². The molecule has 0 unspecified atom stereocenters. The van der Waals surface area contributed by atoms with E-state index in [1.54, 1.807) is 26.4 Å². The zero-order valence-electron chi connectivity index (χ0n) is 18.6. The summed E-state index contributed by atoms with van der Waals surface area (Å²) in [6.07, 6.45) is 0.704. The van der Waals surface area contributed by atoms with Crippen molar-refractivity contribution in [1.29, 1.82) is 0 Å². The molecule has 1 aliphatic rings. The van der Waals surface area contributed by atoms with Gasteiger partial charge in [-0.05, 0) is 48.7 Å². The second kappa shape index (κ2) is 9.58. The number of hydrogen-bond acceptors (Lipinski definition) is 7. The van der Waals surface area contributed by atoms with Gasteiger partial charge in [-0.1, -0.05) is 30.0 Å². The molecule has 0 saturated heterocycles. The topological polar surface area (TPSA) is 93.9 Å². The van der Waals surface area contributed by atoms with Gasteiger partial charge >= 0.3 is 0 Å². The maximum Gasteiger partial charge on any atom is 0.262 e. The molecule has 1 amide bonds. The number of carbonyl (C=O) groups is 1. The Bertz CT molecular complexity index is 1230. The molecule has 3 aromatic rings. The van der Waals surface area contributed by atoms with Crippen molar-refractivity contribution in [1.82, 2.24) is 14.5 Å². The van der Waals surface area contributed by atoms with E-state index in [9.17, 15) is 14.7 Å². The lowest BCUT2D eigenvalue weighted by molar-refractivity contribution is -0.130. The fraction of sp³-hybridized carbons (Fsp3) is 0.292. The van der Waals surface area contributed by atoms with Crippen LogP contribution in [0.4, 0.5) is 0 Å². The third kappa shape index (κ3) is 4.54. The van der Waals surface area contributed by atoms with Crippen LogP contribution in [0.5, 0.6) is 17.4 Å². The zero-order valence-corrected chi connectivity index (χ0v) is 19.5. The van der Waals surface area contributed by atoms with Crippen LogP contribution >= 0.6 is 11.8 Å². The summed E-state index contributed by atoms with van der Waals surface area (Å²) in [7, 11) is 3.19. The molecule has 0 spiro atoms. The van der Waals surface area contributed by atoms with Gasteiger partial charge in [0.1, 0.15) is 0 Å². The van der Waals surface area contributed by atoms with Crippen LogP contribution in [0.3, 0.4) is 0 Å². The van der Waals surface area contributed by atoms with Crippen molar-refractivity contribution in [3.8, 4) is 23.1 Å². The number of aromatic nitrogens is 2. The van der Waals surface area contributed by atoms with Gasteiger partial charge in [-0.25, -0.2) is 0 Å². The van der Waals surface area contributed by atoms with E-state index < -0.39 is 5.56 Å². The van der Waals surface area contributed by atoms with Crippen molar-refractivity contribution in [3.05, 3.63) is 70.0 Å². The predicted octanol–water partition coefficient (Wildman–Crippen LogP) is 3.19. The molecule has 0 bridgehead atoms. The molecule has 1 N–H and O–H groups in total. The molecule has 0 fully saturated rings. The van der Waals surface area contributed by atoms with Gasteiger partial charge in [0, 0.05) is 6.54 Å². The van der Waals surface area contributed by atoms with E-state index in [2.05, 4.69) is 4.98 Å². The van der Waals surface area contributed by atoms with Crippen molar-refractivity contribution < 1.29 is 19.4 Å². The number of carbonyl (C=O) groups excluding carboxylic acids is 1. The molecule has 1 aliphatic heterocycles. The number of aromatic hydroxyl groups is 1. The van der Waals surface area contributed by atoms with Gasteiger partial charge in [0.05, 0.1) is 37.8 Å². The molecule has 2 aromatic carbocycles. The molecule has 9 heteroatoms. The molecule has 8 nitrogen and oxygen atoms in total. The highest BCUT2D eigenvalue weighted by Gasteiger charge is 2.29. The van der Waals surface area contributed by atoms with Crippen molar-refractivity contribution in [2.24, 2.45) is 0 Å². The molecule has 0 radical (unpaired) electrons. The maximum absolute atomic E-state index is 13.2. The van der Waals surface area contributed by atoms with Crippen LogP contribution in [0.25, 0.3) is 5.69 Å². The second-order valence-electron chi connectivity index (χ2n) is 7.61. The summed E-state index contributed by atoms with van der Waals surface area (Å²) in [4.78, 5) is 31.6. The molecule has 4 rings (SSSR count). The highest BCUT2D eigenvalue weighted by atomic mass is 32.2. The number of rotatable bonds is 6. The third-order valence-electron chi connectivity index (χ3n) is 5.72. The first-order valence-corrected chi connectivity index (χ1v) is 11.5. The van der Waals surface area contributed by atoms with Crippen LogP contribution in [-0.4, -0.2) is 52.0 Å². The first-order valence-electron chi connectivity index (χ1n) is 10.5. The van der Waals surface area contributed by atoms with Gasteiger partial charge < -0.3 is 19.5 Å². The average molecular weight is 468 g/mol. The molecule has 172 valence electrons. The largest absolute Gasteiger partial charge is 0.493 e. The van der Waals surface area contributed by atoms with Crippen LogP contribution in [0.15, 0.2) is 58.5 Å². The monoisotopic (exact) mass is 467 g/mol. The first-order chi connectivity index (χ1) is 15.9. The minimum Gasteiger partial charge on any atom is -0.493 e. The summed E-state index contributed by atoms with van der Waals surface area (Å²) in [5.41, 5.74) is 2.36. The Labute approximate surface area is 195 Å². The lowest BCUT2D eigenvalue weighted by atomic mass is 9.93.